The van der Waals surface area contributed by atoms with Crippen LogP contribution in [0.5, 0.6) is 0 Å². The first kappa shape index (κ1) is 12.6. The van der Waals surface area contributed by atoms with Crippen molar-refractivity contribution in [2.24, 2.45) is 5.16 Å². The zero-order valence-electron chi connectivity index (χ0n) is 8.99. The molecule has 0 saturated heterocycles. The first-order chi connectivity index (χ1) is 6.94. The third-order valence-corrected chi connectivity index (χ3v) is 3.80. The molecule has 0 amide bonds. The predicted molar refractivity (Wildman–Crippen MR) is 69.1 cm³/mol. The molecule has 0 aliphatic heterocycles. The topological polar surface area (TPSA) is 32.6 Å². The molecule has 82 valence electrons. The number of halogens is 1. The smallest absolute Gasteiger partial charge is 0.0745 e. The molecule has 0 radical (unpaired) electrons. The van der Waals surface area contributed by atoms with Gasteiger partial charge in [0.1, 0.15) is 0 Å². The molecule has 2 nitrogen and oxygen atoms in total. The van der Waals surface area contributed by atoms with Crippen LogP contribution in [0.4, 0.5) is 0 Å². The highest BCUT2D eigenvalue weighted by Gasteiger charge is 2.16. The number of hydrogen-bond donors (Lipinski definition) is 1. The van der Waals surface area contributed by atoms with E-state index in [0.29, 0.717) is 0 Å². The van der Waals surface area contributed by atoms with Crippen LogP contribution in [-0.4, -0.2) is 16.2 Å². The van der Waals surface area contributed by atoms with Crippen LogP contribution in [0.3, 0.4) is 0 Å². The second kappa shape index (κ2) is 5.03. The molecule has 0 aromatic heterocycles. The summed E-state index contributed by atoms with van der Waals surface area (Å²) in [6.07, 6.45) is 1.46. The first-order valence-electron chi connectivity index (χ1n) is 4.59. The molecular weight excluding hydrogens is 274 g/mol. The van der Waals surface area contributed by atoms with Crippen molar-refractivity contribution in [3.8, 4) is 0 Å². The minimum absolute atomic E-state index is 0.127. The number of benzene rings is 1. The van der Waals surface area contributed by atoms with Gasteiger partial charge in [0.05, 0.1) is 6.21 Å². The van der Waals surface area contributed by atoms with E-state index in [2.05, 4.69) is 41.9 Å². The van der Waals surface area contributed by atoms with Gasteiger partial charge in [-0.1, -0.05) is 38.1 Å². The number of nitrogens with zero attached hydrogens (tertiary/aromatic N) is 1. The van der Waals surface area contributed by atoms with Crippen molar-refractivity contribution in [1.29, 1.82) is 0 Å². The molecule has 0 heterocycles. The molecular formula is C11H14BrNOS. The lowest BCUT2D eigenvalue weighted by atomic mass is 10.2. The van der Waals surface area contributed by atoms with E-state index in [0.717, 1.165) is 14.9 Å². The Balaban J connectivity index is 3.13. The summed E-state index contributed by atoms with van der Waals surface area (Å²) in [5.74, 6) is 0. The normalized spacial score (nSPS) is 12.3. The molecule has 0 unspecified atom stereocenters. The van der Waals surface area contributed by atoms with Gasteiger partial charge in [0, 0.05) is 19.7 Å². The molecule has 0 saturated carbocycles. The average Bonchev–Trinajstić information content (AvgIpc) is 2.10. The summed E-state index contributed by atoms with van der Waals surface area (Å²) in [7, 11) is 0. The summed E-state index contributed by atoms with van der Waals surface area (Å²) in [5, 5.41) is 11.7. The van der Waals surface area contributed by atoms with Gasteiger partial charge in [-0.3, -0.25) is 0 Å². The van der Waals surface area contributed by atoms with Crippen molar-refractivity contribution in [2.45, 2.75) is 30.4 Å². The van der Waals surface area contributed by atoms with E-state index in [9.17, 15) is 0 Å². The van der Waals surface area contributed by atoms with Gasteiger partial charge in [0.15, 0.2) is 0 Å². The minimum Gasteiger partial charge on any atom is -0.411 e. The molecule has 0 aliphatic rings. The van der Waals surface area contributed by atoms with Gasteiger partial charge in [0.25, 0.3) is 0 Å². The number of oxime groups is 1. The van der Waals surface area contributed by atoms with E-state index in [1.54, 1.807) is 11.8 Å². The molecule has 1 aromatic rings. The monoisotopic (exact) mass is 287 g/mol. The van der Waals surface area contributed by atoms with Crippen molar-refractivity contribution in [1.82, 2.24) is 0 Å². The Morgan fingerprint density at radius 2 is 2.07 bits per heavy atom. The summed E-state index contributed by atoms with van der Waals surface area (Å²) in [5.41, 5.74) is 0.923. The Hall–Kier alpha value is -0.480. The highest BCUT2D eigenvalue weighted by Crippen LogP contribution is 2.38. The summed E-state index contributed by atoms with van der Waals surface area (Å²) >= 11 is 5.25. The van der Waals surface area contributed by atoms with Gasteiger partial charge < -0.3 is 5.21 Å². The van der Waals surface area contributed by atoms with Crippen LogP contribution in [0.1, 0.15) is 26.3 Å². The molecule has 1 rings (SSSR count). The lowest BCUT2D eigenvalue weighted by Crippen LogP contribution is -2.08. The van der Waals surface area contributed by atoms with Gasteiger partial charge in [-0.2, -0.15) is 0 Å². The molecule has 15 heavy (non-hydrogen) atoms. The predicted octanol–water partition coefficient (Wildman–Crippen LogP) is 4.15. The van der Waals surface area contributed by atoms with E-state index in [1.165, 1.54) is 6.21 Å². The summed E-state index contributed by atoms with van der Waals surface area (Å²) < 4.78 is 1.15. The molecule has 0 fully saturated rings. The lowest BCUT2D eigenvalue weighted by molar-refractivity contribution is 0.321. The summed E-state index contributed by atoms with van der Waals surface area (Å²) in [6.45, 7) is 6.45. The quantitative estimate of drug-likeness (QED) is 0.384. The minimum atomic E-state index is 0.127. The maximum absolute atomic E-state index is 8.58. The van der Waals surface area contributed by atoms with Crippen LogP contribution in [0.25, 0.3) is 0 Å². The van der Waals surface area contributed by atoms with Crippen LogP contribution in [0.15, 0.2) is 32.7 Å². The van der Waals surface area contributed by atoms with E-state index >= 15 is 0 Å². The largest absolute Gasteiger partial charge is 0.411 e. The summed E-state index contributed by atoms with van der Waals surface area (Å²) in [4.78, 5) is 1.10. The molecule has 1 aromatic carbocycles. The Morgan fingerprint density at radius 3 is 2.60 bits per heavy atom. The van der Waals surface area contributed by atoms with Gasteiger partial charge in [-0.25, -0.2) is 0 Å². The Labute approximate surface area is 103 Å². The standard InChI is InChI=1S/C11H14BrNOS/c1-11(2,3)15-10-8(7-13-14)5-4-6-9(10)12/h4-7,14H,1-3H3/b13-7+. The zero-order chi connectivity index (χ0) is 11.5. The van der Waals surface area contributed by atoms with Crippen LogP contribution in [0, 0.1) is 0 Å². The highest BCUT2D eigenvalue weighted by atomic mass is 79.9. The fraction of sp³-hybridized carbons (Fsp3) is 0.364. The number of thioether (sulfide) groups is 1. The molecule has 0 bridgehead atoms. The van der Waals surface area contributed by atoms with Gasteiger partial charge in [0.2, 0.25) is 0 Å². The average molecular weight is 288 g/mol. The van der Waals surface area contributed by atoms with Crippen LogP contribution in [-0.2, 0) is 0 Å². The van der Waals surface area contributed by atoms with Crippen LogP contribution < -0.4 is 0 Å². The van der Waals surface area contributed by atoms with Crippen molar-refractivity contribution in [3.63, 3.8) is 0 Å². The van der Waals surface area contributed by atoms with E-state index < -0.39 is 0 Å². The third-order valence-electron chi connectivity index (χ3n) is 1.60. The molecule has 1 N–H and O–H groups in total. The SMILES string of the molecule is CC(C)(C)Sc1c(Br)cccc1/C=N/O. The first-order valence-corrected chi connectivity index (χ1v) is 6.20. The lowest BCUT2D eigenvalue weighted by Gasteiger charge is -2.19. The highest BCUT2D eigenvalue weighted by molar-refractivity contribution is 9.10. The Bertz CT molecular complexity index is 371. The van der Waals surface area contributed by atoms with Crippen molar-refractivity contribution < 1.29 is 5.21 Å². The number of hydrogen-bond acceptors (Lipinski definition) is 3. The van der Waals surface area contributed by atoms with Crippen molar-refractivity contribution in [2.75, 3.05) is 0 Å². The maximum atomic E-state index is 8.58. The van der Waals surface area contributed by atoms with Gasteiger partial charge >= 0.3 is 0 Å². The number of rotatable bonds is 2. The van der Waals surface area contributed by atoms with Crippen molar-refractivity contribution >= 4 is 33.9 Å². The molecule has 0 atom stereocenters. The fourth-order valence-corrected chi connectivity index (χ4v) is 2.74. The molecule has 0 aliphatic carbocycles. The van der Waals surface area contributed by atoms with Gasteiger partial charge in [-0.15, -0.1) is 11.8 Å². The second-order valence-electron chi connectivity index (χ2n) is 4.12. The maximum Gasteiger partial charge on any atom is 0.0745 e. The summed E-state index contributed by atoms with van der Waals surface area (Å²) in [6, 6.07) is 5.84. The van der Waals surface area contributed by atoms with E-state index in [-0.39, 0.29) is 4.75 Å². The zero-order valence-corrected chi connectivity index (χ0v) is 11.4. The van der Waals surface area contributed by atoms with Gasteiger partial charge in [-0.05, 0) is 22.0 Å². The third kappa shape index (κ3) is 3.87. The molecule has 0 spiro atoms. The second-order valence-corrected chi connectivity index (χ2v) is 6.81. The van der Waals surface area contributed by atoms with Crippen LogP contribution >= 0.6 is 27.7 Å². The van der Waals surface area contributed by atoms with Crippen molar-refractivity contribution in [3.05, 3.63) is 28.2 Å². The Kier molecular flexibility index (Phi) is 4.22. The van der Waals surface area contributed by atoms with E-state index in [1.807, 2.05) is 18.2 Å². The fourth-order valence-electron chi connectivity index (χ4n) is 1.10. The van der Waals surface area contributed by atoms with E-state index in [4.69, 9.17) is 5.21 Å². The molecule has 4 heteroatoms. The Morgan fingerprint density at radius 1 is 1.40 bits per heavy atom. The van der Waals surface area contributed by atoms with Crippen LogP contribution in [0.2, 0.25) is 0 Å².